The molecule has 5 aromatic rings. The molecule has 3 heterocycles. The summed E-state index contributed by atoms with van der Waals surface area (Å²) < 4.78 is 35.2. The van der Waals surface area contributed by atoms with Crippen molar-refractivity contribution in [2.75, 3.05) is 17.2 Å². The maximum Gasteiger partial charge on any atom is 0.240 e. The van der Waals surface area contributed by atoms with Crippen LogP contribution in [-0.2, 0) is 16.1 Å². The number of amides is 2. The summed E-state index contributed by atoms with van der Waals surface area (Å²) in [6, 6.07) is 24.9. The number of carbonyl (C=O) groups excluding carboxylic acids is 2. The first-order valence-electron chi connectivity index (χ1n) is 12.9. The molecule has 2 aromatic heterocycles. The number of carbonyl (C=O) groups is 2. The summed E-state index contributed by atoms with van der Waals surface area (Å²) in [6.45, 7) is -0.127. The Balaban J connectivity index is 1.53. The molecule has 0 radical (unpaired) electrons. The quantitative estimate of drug-likeness (QED) is 0.264. The van der Waals surface area contributed by atoms with Gasteiger partial charge in [0.2, 0.25) is 11.8 Å². The monoisotopic (exact) mass is 570 g/mol. The molecule has 41 heavy (non-hydrogen) atoms. The number of rotatable bonds is 7. The zero-order chi connectivity index (χ0) is 28.3. The molecule has 0 spiro atoms. The van der Waals surface area contributed by atoms with Gasteiger partial charge in [0, 0.05) is 11.1 Å². The minimum atomic E-state index is -0.481. The highest BCUT2D eigenvalue weighted by atomic mass is 32.2. The number of anilines is 1. The van der Waals surface area contributed by atoms with Crippen molar-refractivity contribution in [1.29, 1.82) is 0 Å². The van der Waals surface area contributed by atoms with E-state index in [4.69, 9.17) is 9.52 Å². The normalized spacial score (nSPS) is 14.9. The van der Waals surface area contributed by atoms with Crippen LogP contribution in [0, 0.1) is 11.6 Å². The third-order valence-corrected chi connectivity index (χ3v) is 7.96. The number of fused-ring (bicyclic) bond motifs is 1. The SMILES string of the molecule is O=C(CN1C(=O)CS[C@@H](c2cccc(F)c2)c2c(-c3ccccc3)nn(-c3ccc(F)cc3)c21)NCc1ccco1. The van der Waals surface area contributed by atoms with Crippen molar-refractivity contribution in [3.05, 3.63) is 126 Å². The number of hydrogen-bond donors (Lipinski definition) is 1. The van der Waals surface area contributed by atoms with E-state index in [1.807, 2.05) is 36.4 Å². The molecular weight excluding hydrogens is 546 g/mol. The van der Waals surface area contributed by atoms with Gasteiger partial charge in [0.05, 0.1) is 35.2 Å². The average molecular weight is 571 g/mol. The van der Waals surface area contributed by atoms with Crippen molar-refractivity contribution >= 4 is 29.4 Å². The Morgan fingerprint density at radius 1 is 0.976 bits per heavy atom. The highest BCUT2D eigenvalue weighted by molar-refractivity contribution is 8.00. The highest BCUT2D eigenvalue weighted by Gasteiger charge is 2.37. The predicted molar refractivity (Wildman–Crippen MR) is 153 cm³/mol. The Morgan fingerprint density at radius 2 is 1.78 bits per heavy atom. The third kappa shape index (κ3) is 5.51. The number of nitrogens with one attached hydrogen (secondary N) is 1. The number of halogens is 2. The third-order valence-electron chi connectivity index (χ3n) is 6.70. The molecule has 0 saturated heterocycles. The molecule has 1 aliphatic heterocycles. The van der Waals surface area contributed by atoms with Gasteiger partial charge in [-0.2, -0.15) is 5.10 Å². The minimum Gasteiger partial charge on any atom is -0.467 e. The fourth-order valence-corrected chi connectivity index (χ4v) is 6.01. The van der Waals surface area contributed by atoms with E-state index in [0.717, 1.165) is 5.56 Å². The molecule has 1 N–H and O–H groups in total. The molecule has 1 aliphatic rings. The van der Waals surface area contributed by atoms with Crippen molar-refractivity contribution in [2.24, 2.45) is 0 Å². The van der Waals surface area contributed by atoms with Crippen molar-refractivity contribution in [1.82, 2.24) is 15.1 Å². The van der Waals surface area contributed by atoms with Crippen LogP contribution in [0.15, 0.2) is 102 Å². The van der Waals surface area contributed by atoms with E-state index in [2.05, 4.69) is 5.32 Å². The summed E-state index contributed by atoms with van der Waals surface area (Å²) in [6.07, 6.45) is 1.52. The lowest BCUT2D eigenvalue weighted by molar-refractivity contribution is -0.123. The van der Waals surface area contributed by atoms with Crippen LogP contribution >= 0.6 is 11.8 Å². The molecule has 206 valence electrons. The molecular formula is C31H24F2N4O3S. The molecule has 0 aliphatic carbocycles. The largest absolute Gasteiger partial charge is 0.467 e. The van der Waals surface area contributed by atoms with Crippen molar-refractivity contribution < 1.29 is 22.8 Å². The first-order chi connectivity index (χ1) is 20.0. The Kier molecular flexibility index (Phi) is 7.39. The number of nitrogens with zero attached hydrogens (tertiary/aromatic N) is 3. The van der Waals surface area contributed by atoms with Gasteiger partial charge in [0.15, 0.2) is 0 Å². The van der Waals surface area contributed by atoms with Gasteiger partial charge < -0.3 is 9.73 Å². The zero-order valence-electron chi connectivity index (χ0n) is 21.7. The fraction of sp³-hybridized carbons (Fsp3) is 0.129. The summed E-state index contributed by atoms with van der Waals surface area (Å²) in [7, 11) is 0. The van der Waals surface area contributed by atoms with E-state index in [0.29, 0.717) is 34.1 Å². The van der Waals surface area contributed by atoms with E-state index >= 15 is 0 Å². The van der Waals surface area contributed by atoms with Gasteiger partial charge in [0.25, 0.3) is 0 Å². The van der Waals surface area contributed by atoms with Crippen LogP contribution in [0.4, 0.5) is 14.6 Å². The highest BCUT2D eigenvalue weighted by Crippen LogP contribution is 2.48. The van der Waals surface area contributed by atoms with Crippen LogP contribution in [0.3, 0.4) is 0 Å². The fourth-order valence-electron chi connectivity index (χ4n) is 4.82. The average Bonchev–Trinajstić information content (AvgIpc) is 3.62. The number of furan rings is 1. The predicted octanol–water partition coefficient (Wildman–Crippen LogP) is 5.90. The summed E-state index contributed by atoms with van der Waals surface area (Å²) in [5.74, 6) is -0.554. The van der Waals surface area contributed by atoms with Gasteiger partial charge in [0.1, 0.15) is 29.8 Å². The summed E-state index contributed by atoms with van der Waals surface area (Å²) in [5, 5.41) is 7.24. The molecule has 0 saturated carbocycles. The van der Waals surface area contributed by atoms with E-state index < -0.39 is 22.8 Å². The summed E-state index contributed by atoms with van der Waals surface area (Å²) in [5.41, 5.74) is 3.17. The molecule has 0 unspecified atom stereocenters. The number of benzene rings is 3. The molecule has 0 fully saturated rings. The van der Waals surface area contributed by atoms with E-state index in [1.165, 1.54) is 47.2 Å². The van der Waals surface area contributed by atoms with Crippen LogP contribution in [-0.4, -0.2) is 33.9 Å². The Labute approximate surface area is 238 Å². The summed E-state index contributed by atoms with van der Waals surface area (Å²) in [4.78, 5) is 28.3. The lowest BCUT2D eigenvalue weighted by Gasteiger charge is -2.23. The zero-order valence-corrected chi connectivity index (χ0v) is 22.5. The first kappa shape index (κ1) is 26.5. The van der Waals surface area contributed by atoms with Crippen LogP contribution in [0.2, 0.25) is 0 Å². The lowest BCUT2D eigenvalue weighted by atomic mass is 9.99. The van der Waals surface area contributed by atoms with E-state index in [-0.39, 0.29) is 24.7 Å². The van der Waals surface area contributed by atoms with Gasteiger partial charge in [-0.1, -0.05) is 42.5 Å². The van der Waals surface area contributed by atoms with Gasteiger partial charge in [-0.3, -0.25) is 14.5 Å². The van der Waals surface area contributed by atoms with Gasteiger partial charge in [-0.05, 0) is 54.1 Å². The van der Waals surface area contributed by atoms with Gasteiger partial charge in [-0.25, -0.2) is 13.5 Å². The smallest absolute Gasteiger partial charge is 0.240 e. The second-order valence-electron chi connectivity index (χ2n) is 9.42. The maximum atomic E-state index is 14.5. The minimum absolute atomic E-state index is 0.0406. The summed E-state index contributed by atoms with van der Waals surface area (Å²) >= 11 is 1.34. The topological polar surface area (TPSA) is 80.4 Å². The van der Waals surface area contributed by atoms with Crippen molar-refractivity contribution in [3.63, 3.8) is 0 Å². The second kappa shape index (κ2) is 11.4. The lowest BCUT2D eigenvalue weighted by Crippen LogP contribution is -2.42. The number of aromatic nitrogens is 2. The second-order valence-corrected chi connectivity index (χ2v) is 10.5. The molecule has 0 bridgehead atoms. The van der Waals surface area contributed by atoms with Crippen molar-refractivity contribution in [3.8, 4) is 16.9 Å². The molecule has 10 heteroatoms. The van der Waals surface area contributed by atoms with E-state index in [9.17, 15) is 18.4 Å². The number of hydrogen-bond acceptors (Lipinski definition) is 5. The molecule has 2 amide bonds. The molecule has 7 nitrogen and oxygen atoms in total. The van der Waals surface area contributed by atoms with Crippen molar-refractivity contribution in [2.45, 2.75) is 11.8 Å². The molecule has 3 aromatic carbocycles. The number of thioether (sulfide) groups is 1. The Morgan fingerprint density at radius 3 is 2.51 bits per heavy atom. The van der Waals surface area contributed by atoms with Crippen LogP contribution < -0.4 is 10.2 Å². The maximum absolute atomic E-state index is 14.5. The van der Waals surface area contributed by atoms with Gasteiger partial charge >= 0.3 is 0 Å². The Bertz CT molecular complexity index is 1690. The standard InChI is InChI=1S/C31H24F2N4O3S/c32-22-11-13-24(14-12-22)37-31-28(29(35-37)20-6-2-1-3-7-20)30(21-8-4-9-23(33)16-21)41-19-27(39)36(31)18-26(38)34-17-25-10-5-15-40-25/h1-16,30H,17-19H2,(H,34,38)/t30-/m0/s1. The molecule has 1 atom stereocenters. The van der Waals surface area contributed by atoms with Crippen LogP contribution in [0.25, 0.3) is 16.9 Å². The first-order valence-corrected chi connectivity index (χ1v) is 13.9. The Hall–Kier alpha value is -4.70. The molecule has 6 rings (SSSR count). The van der Waals surface area contributed by atoms with Crippen LogP contribution in [0.5, 0.6) is 0 Å². The van der Waals surface area contributed by atoms with E-state index in [1.54, 1.807) is 35.0 Å². The van der Waals surface area contributed by atoms with Crippen LogP contribution in [0.1, 0.15) is 22.1 Å². The van der Waals surface area contributed by atoms with Gasteiger partial charge in [-0.15, -0.1) is 11.8 Å².